The zero-order valence-corrected chi connectivity index (χ0v) is 9.07. The molecule has 0 amide bonds. The zero-order valence-electron chi connectivity index (χ0n) is 8.25. The third-order valence-electron chi connectivity index (χ3n) is 2.06. The van der Waals surface area contributed by atoms with Crippen molar-refractivity contribution in [3.8, 4) is 0 Å². The molecule has 0 aliphatic carbocycles. The number of nitrogens with two attached hydrogens (primary N) is 1. The fraction of sp³-hybridized carbons (Fsp3) is 0.300. The molecule has 2 atom stereocenters. The minimum absolute atomic E-state index is 0. The lowest BCUT2D eigenvalue weighted by atomic mass is 10.0. The van der Waals surface area contributed by atoms with Gasteiger partial charge in [0.1, 0.15) is 0 Å². The van der Waals surface area contributed by atoms with Crippen molar-refractivity contribution in [2.75, 3.05) is 0 Å². The number of halogens is 1. The predicted octanol–water partition coefficient (Wildman–Crippen LogP) is 1.19. The second-order valence-electron chi connectivity index (χ2n) is 3.19. The van der Waals surface area contributed by atoms with E-state index in [1.54, 1.807) is 19.1 Å². The highest BCUT2D eigenvalue weighted by Crippen LogP contribution is 2.14. The number of hydrogen-bond donors (Lipinski definition) is 3. The molecule has 15 heavy (non-hydrogen) atoms. The molecule has 0 spiro atoms. The molecule has 0 radical (unpaired) electrons. The van der Waals surface area contributed by atoms with Gasteiger partial charge < -0.3 is 15.9 Å². The maximum Gasteiger partial charge on any atom is 0.335 e. The highest BCUT2D eigenvalue weighted by molar-refractivity contribution is 5.87. The molecule has 0 bridgehead atoms. The number of aromatic carboxylic acids is 1. The highest BCUT2D eigenvalue weighted by atomic mass is 35.5. The van der Waals surface area contributed by atoms with Crippen LogP contribution in [0, 0.1) is 0 Å². The van der Waals surface area contributed by atoms with Gasteiger partial charge in [-0.3, -0.25) is 0 Å². The summed E-state index contributed by atoms with van der Waals surface area (Å²) in [6.45, 7) is 1.59. The second-order valence-corrected chi connectivity index (χ2v) is 3.19. The van der Waals surface area contributed by atoms with Crippen LogP contribution in [0.4, 0.5) is 0 Å². The van der Waals surface area contributed by atoms with E-state index in [0.717, 1.165) is 5.56 Å². The lowest BCUT2D eigenvalue weighted by Crippen LogP contribution is -2.23. The van der Waals surface area contributed by atoms with Crippen LogP contribution in [0.1, 0.15) is 28.9 Å². The van der Waals surface area contributed by atoms with Crippen LogP contribution >= 0.6 is 12.4 Å². The molecule has 4 nitrogen and oxygen atoms in total. The Hall–Kier alpha value is -1.10. The van der Waals surface area contributed by atoms with Crippen LogP contribution in [0.2, 0.25) is 0 Å². The molecular weight excluding hydrogens is 218 g/mol. The Labute approximate surface area is 94.1 Å². The van der Waals surface area contributed by atoms with Crippen molar-refractivity contribution < 1.29 is 15.0 Å². The Bertz CT molecular complexity index is 324. The Kier molecular flexibility index (Phi) is 5.28. The van der Waals surface area contributed by atoms with E-state index in [9.17, 15) is 9.90 Å². The van der Waals surface area contributed by atoms with Gasteiger partial charge in [-0.05, 0) is 24.6 Å². The summed E-state index contributed by atoms with van der Waals surface area (Å²) < 4.78 is 0. The monoisotopic (exact) mass is 231 g/mol. The zero-order chi connectivity index (χ0) is 10.7. The molecule has 1 aromatic rings. The van der Waals surface area contributed by atoms with Gasteiger partial charge in [-0.1, -0.05) is 12.1 Å². The summed E-state index contributed by atoms with van der Waals surface area (Å²) in [5.41, 5.74) is 6.61. The average Bonchev–Trinajstić information content (AvgIpc) is 2.16. The van der Waals surface area contributed by atoms with Crippen LogP contribution in [0.15, 0.2) is 24.3 Å². The van der Waals surface area contributed by atoms with Gasteiger partial charge in [0.25, 0.3) is 0 Å². The first kappa shape index (κ1) is 13.9. The van der Waals surface area contributed by atoms with Gasteiger partial charge in [0, 0.05) is 0 Å². The molecule has 0 heterocycles. The summed E-state index contributed by atoms with van der Waals surface area (Å²) in [6.07, 6.45) is -0.648. The molecule has 0 saturated carbocycles. The number of benzene rings is 1. The van der Waals surface area contributed by atoms with Crippen molar-refractivity contribution in [3.05, 3.63) is 35.4 Å². The van der Waals surface area contributed by atoms with E-state index in [4.69, 9.17) is 10.8 Å². The second kappa shape index (κ2) is 5.70. The first-order chi connectivity index (χ1) is 6.52. The van der Waals surface area contributed by atoms with Gasteiger partial charge in [-0.2, -0.15) is 0 Å². The van der Waals surface area contributed by atoms with E-state index >= 15 is 0 Å². The lowest BCUT2D eigenvalue weighted by Gasteiger charge is -2.14. The standard InChI is InChI=1S/C10H13NO3.ClH/c1-6(12)9(11)7-2-4-8(5-3-7)10(13)14;/h2-6,9,12H,11H2,1H3,(H,13,14);1H/t6-,9-;/m1./s1. The molecule has 0 aliphatic rings. The fourth-order valence-electron chi connectivity index (χ4n) is 1.13. The molecule has 0 saturated heterocycles. The molecule has 1 aromatic carbocycles. The van der Waals surface area contributed by atoms with Crippen LogP contribution in [0.5, 0.6) is 0 Å². The number of carboxylic acid groups (broad SMARTS) is 1. The maximum atomic E-state index is 10.5. The van der Waals surface area contributed by atoms with Gasteiger partial charge in [0.05, 0.1) is 17.7 Å². The fourth-order valence-corrected chi connectivity index (χ4v) is 1.13. The number of hydrogen-bond acceptors (Lipinski definition) is 3. The third-order valence-corrected chi connectivity index (χ3v) is 2.06. The largest absolute Gasteiger partial charge is 0.478 e. The summed E-state index contributed by atoms with van der Waals surface area (Å²) in [4.78, 5) is 10.5. The highest BCUT2D eigenvalue weighted by Gasteiger charge is 2.12. The van der Waals surface area contributed by atoms with Crippen molar-refractivity contribution in [3.63, 3.8) is 0 Å². The Morgan fingerprint density at radius 1 is 1.33 bits per heavy atom. The van der Waals surface area contributed by atoms with Crippen LogP contribution in [-0.2, 0) is 0 Å². The summed E-state index contributed by atoms with van der Waals surface area (Å²) in [5.74, 6) is -0.970. The summed E-state index contributed by atoms with van der Waals surface area (Å²) in [5, 5.41) is 17.9. The minimum Gasteiger partial charge on any atom is -0.478 e. The Morgan fingerprint density at radius 3 is 2.13 bits per heavy atom. The Morgan fingerprint density at radius 2 is 1.80 bits per heavy atom. The van der Waals surface area contributed by atoms with Crippen LogP contribution in [-0.4, -0.2) is 22.3 Å². The number of carboxylic acids is 1. The van der Waals surface area contributed by atoms with Gasteiger partial charge >= 0.3 is 5.97 Å². The number of aliphatic hydroxyl groups is 1. The van der Waals surface area contributed by atoms with Gasteiger partial charge in [0.2, 0.25) is 0 Å². The first-order valence-electron chi connectivity index (χ1n) is 4.29. The lowest BCUT2D eigenvalue weighted by molar-refractivity contribution is 0.0697. The molecule has 0 aromatic heterocycles. The van der Waals surface area contributed by atoms with E-state index in [-0.39, 0.29) is 18.0 Å². The van der Waals surface area contributed by atoms with Crippen molar-refractivity contribution in [2.45, 2.75) is 19.1 Å². The van der Waals surface area contributed by atoms with Gasteiger partial charge in [-0.15, -0.1) is 12.4 Å². The average molecular weight is 232 g/mol. The van der Waals surface area contributed by atoms with Crippen molar-refractivity contribution in [2.24, 2.45) is 5.73 Å². The van der Waals surface area contributed by atoms with E-state index in [1.807, 2.05) is 0 Å². The molecule has 0 fully saturated rings. The summed E-state index contributed by atoms with van der Waals surface area (Å²) in [7, 11) is 0. The van der Waals surface area contributed by atoms with Crippen molar-refractivity contribution in [1.82, 2.24) is 0 Å². The Balaban J connectivity index is 0.00000196. The van der Waals surface area contributed by atoms with Crippen molar-refractivity contribution >= 4 is 18.4 Å². The van der Waals surface area contributed by atoms with Crippen molar-refractivity contribution in [1.29, 1.82) is 0 Å². The van der Waals surface area contributed by atoms with E-state index in [2.05, 4.69) is 0 Å². The molecule has 84 valence electrons. The smallest absolute Gasteiger partial charge is 0.335 e. The normalized spacial score (nSPS) is 13.8. The maximum absolute atomic E-state index is 10.5. The molecule has 0 aliphatic heterocycles. The van der Waals surface area contributed by atoms with Gasteiger partial charge in [0.15, 0.2) is 0 Å². The molecule has 0 unspecified atom stereocenters. The molecule has 4 N–H and O–H groups in total. The van der Waals surface area contributed by atoms with Crippen LogP contribution < -0.4 is 5.73 Å². The van der Waals surface area contributed by atoms with Crippen LogP contribution in [0.3, 0.4) is 0 Å². The predicted molar refractivity (Wildman–Crippen MR) is 59.3 cm³/mol. The van der Waals surface area contributed by atoms with E-state index in [1.165, 1.54) is 12.1 Å². The third kappa shape index (κ3) is 3.51. The number of rotatable bonds is 3. The van der Waals surface area contributed by atoms with E-state index < -0.39 is 18.1 Å². The SMILES string of the molecule is C[C@@H](O)[C@@H](N)c1ccc(C(=O)O)cc1.Cl. The summed E-state index contributed by atoms with van der Waals surface area (Å²) >= 11 is 0. The number of carbonyl (C=O) groups is 1. The van der Waals surface area contributed by atoms with Crippen LogP contribution in [0.25, 0.3) is 0 Å². The topological polar surface area (TPSA) is 83.5 Å². The summed E-state index contributed by atoms with van der Waals surface area (Å²) in [6, 6.07) is 5.69. The quantitative estimate of drug-likeness (QED) is 0.730. The molecule has 5 heteroatoms. The van der Waals surface area contributed by atoms with E-state index in [0.29, 0.717) is 0 Å². The number of aliphatic hydroxyl groups excluding tert-OH is 1. The van der Waals surface area contributed by atoms with Gasteiger partial charge in [-0.25, -0.2) is 4.79 Å². The minimum atomic E-state index is -0.970. The molecular formula is C10H14ClNO3. The first-order valence-corrected chi connectivity index (χ1v) is 4.29. The molecule has 1 rings (SSSR count).